The van der Waals surface area contributed by atoms with Crippen LogP contribution in [0.15, 0.2) is 60.7 Å². The van der Waals surface area contributed by atoms with Gasteiger partial charge in [0.2, 0.25) is 10.0 Å². The van der Waals surface area contributed by atoms with Gasteiger partial charge in [-0.15, -0.1) is 0 Å². The van der Waals surface area contributed by atoms with Crippen molar-refractivity contribution in [3.63, 3.8) is 0 Å². The lowest BCUT2D eigenvalue weighted by molar-refractivity contribution is 0.0981. The summed E-state index contributed by atoms with van der Waals surface area (Å²) < 4.78 is 53.9. The van der Waals surface area contributed by atoms with Gasteiger partial charge in [-0.05, 0) is 60.7 Å². The molecule has 1 amide bonds. The quantitative estimate of drug-likeness (QED) is 0.491. The molecule has 1 heterocycles. The Morgan fingerprint density at radius 1 is 1.03 bits per heavy atom. The molecule has 0 aliphatic rings. The second kappa shape index (κ2) is 7.75. The van der Waals surface area contributed by atoms with E-state index in [9.17, 15) is 22.0 Å². The SMILES string of the molecule is CS(=O)(=O)NC(=O)c1ccc(-n2nc(-c3ccc(F)cc3)c3cc(Cl)ccc32)c(F)c1. The van der Waals surface area contributed by atoms with Crippen LogP contribution >= 0.6 is 11.6 Å². The van der Waals surface area contributed by atoms with Crippen molar-refractivity contribution in [1.29, 1.82) is 0 Å². The van der Waals surface area contributed by atoms with Gasteiger partial charge in [0.25, 0.3) is 5.91 Å². The van der Waals surface area contributed by atoms with Crippen molar-refractivity contribution in [2.45, 2.75) is 0 Å². The maximum atomic E-state index is 14.9. The number of sulfonamides is 1. The first-order chi connectivity index (χ1) is 14.6. The third kappa shape index (κ3) is 4.28. The van der Waals surface area contributed by atoms with Crippen molar-refractivity contribution < 1.29 is 22.0 Å². The monoisotopic (exact) mass is 461 g/mol. The highest BCUT2D eigenvalue weighted by Gasteiger charge is 2.19. The van der Waals surface area contributed by atoms with Crippen LogP contribution in [0, 0.1) is 11.6 Å². The number of nitrogens with zero attached hydrogens (tertiary/aromatic N) is 2. The molecule has 4 rings (SSSR count). The fraction of sp³-hybridized carbons (Fsp3) is 0.0476. The first-order valence-electron chi connectivity index (χ1n) is 8.89. The molecule has 0 aliphatic carbocycles. The Balaban J connectivity index is 1.85. The topological polar surface area (TPSA) is 81.1 Å². The predicted molar refractivity (Wildman–Crippen MR) is 114 cm³/mol. The van der Waals surface area contributed by atoms with Crippen LogP contribution in [-0.2, 0) is 10.0 Å². The van der Waals surface area contributed by atoms with Crippen LogP contribution in [0.1, 0.15) is 10.4 Å². The molecule has 0 aliphatic heterocycles. The zero-order chi connectivity index (χ0) is 22.3. The first-order valence-corrected chi connectivity index (χ1v) is 11.2. The summed E-state index contributed by atoms with van der Waals surface area (Å²) in [6.45, 7) is 0. The van der Waals surface area contributed by atoms with Gasteiger partial charge in [0.15, 0.2) is 0 Å². The molecule has 3 aromatic carbocycles. The summed E-state index contributed by atoms with van der Waals surface area (Å²) in [7, 11) is -3.79. The Labute approximate surface area is 181 Å². The zero-order valence-electron chi connectivity index (χ0n) is 15.9. The summed E-state index contributed by atoms with van der Waals surface area (Å²) in [6.07, 6.45) is 0.827. The number of hydrogen-bond donors (Lipinski definition) is 1. The van der Waals surface area contributed by atoms with Gasteiger partial charge >= 0.3 is 0 Å². The molecule has 1 N–H and O–H groups in total. The van der Waals surface area contributed by atoms with E-state index in [0.717, 1.165) is 12.3 Å². The Morgan fingerprint density at radius 2 is 1.74 bits per heavy atom. The molecule has 0 bridgehead atoms. The van der Waals surface area contributed by atoms with E-state index in [2.05, 4.69) is 5.10 Å². The molecule has 158 valence electrons. The molecular weight excluding hydrogens is 448 g/mol. The number of aromatic nitrogens is 2. The van der Waals surface area contributed by atoms with Crippen molar-refractivity contribution in [3.8, 4) is 16.9 Å². The second-order valence-electron chi connectivity index (χ2n) is 6.80. The Kier molecular flexibility index (Phi) is 5.24. The maximum absolute atomic E-state index is 14.9. The highest BCUT2D eigenvalue weighted by atomic mass is 35.5. The van der Waals surface area contributed by atoms with Crippen LogP contribution in [0.3, 0.4) is 0 Å². The maximum Gasteiger partial charge on any atom is 0.264 e. The van der Waals surface area contributed by atoms with Crippen LogP contribution in [0.25, 0.3) is 27.8 Å². The van der Waals surface area contributed by atoms with E-state index >= 15 is 0 Å². The predicted octanol–water partition coefficient (Wildman–Crippen LogP) is 4.31. The molecular formula is C21H14ClF2N3O3S. The summed E-state index contributed by atoms with van der Waals surface area (Å²) in [6, 6.07) is 14.2. The van der Waals surface area contributed by atoms with Gasteiger partial charge in [0.05, 0.1) is 11.8 Å². The zero-order valence-corrected chi connectivity index (χ0v) is 17.5. The average Bonchev–Trinajstić information content (AvgIpc) is 3.05. The molecule has 6 nitrogen and oxygen atoms in total. The number of rotatable bonds is 4. The number of carbonyl (C=O) groups is 1. The molecule has 0 atom stereocenters. The average molecular weight is 462 g/mol. The number of halogens is 3. The van der Waals surface area contributed by atoms with Gasteiger partial charge < -0.3 is 0 Å². The van der Waals surface area contributed by atoms with Crippen molar-refractivity contribution in [2.75, 3.05) is 6.26 Å². The normalized spacial score (nSPS) is 11.6. The number of benzene rings is 3. The number of carbonyl (C=O) groups excluding carboxylic acids is 1. The van der Waals surface area contributed by atoms with Crippen LogP contribution < -0.4 is 4.72 Å². The van der Waals surface area contributed by atoms with Gasteiger partial charge in [-0.25, -0.2) is 26.6 Å². The summed E-state index contributed by atoms with van der Waals surface area (Å²) in [4.78, 5) is 12.0. The Morgan fingerprint density at radius 3 is 2.39 bits per heavy atom. The Hall–Kier alpha value is -3.30. The van der Waals surface area contributed by atoms with Gasteiger partial charge in [-0.3, -0.25) is 4.79 Å². The molecule has 31 heavy (non-hydrogen) atoms. The lowest BCUT2D eigenvalue weighted by atomic mass is 10.1. The number of hydrogen-bond acceptors (Lipinski definition) is 4. The summed E-state index contributed by atoms with van der Waals surface area (Å²) >= 11 is 6.13. The van der Waals surface area contributed by atoms with Crippen LogP contribution in [-0.4, -0.2) is 30.4 Å². The fourth-order valence-corrected chi connectivity index (χ4v) is 3.77. The van der Waals surface area contributed by atoms with Gasteiger partial charge in [0.1, 0.15) is 23.0 Å². The molecule has 0 unspecified atom stereocenters. The van der Waals surface area contributed by atoms with E-state index in [1.807, 2.05) is 0 Å². The van der Waals surface area contributed by atoms with E-state index in [1.165, 1.54) is 28.9 Å². The van der Waals surface area contributed by atoms with Crippen LogP contribution in [0.4, 0.5) is 8.78 Å². The van der Waals surface area contributed by atoms with Crippen LogP contribution in [0.2, 0.25) is 5.02 Å². The van der Waals surface area contributed by atoms with Crippen molar-refractivity contribution in [1.82, 2.24) is 14.5 Å². The molecule has 0 saturated carbocycles. The minimum atomic E-state index is -3.79. The molecule has 10 heteroatoms. The van der Waals surface area contributed by atoms with E-state index in [1.54, 1.807) is 35.1 Å². The molecule has 1 aromatic heterocycles. The van der Waals surface area contributed by atoms with Gasteiger partial charge in [0, 0.05) is 21.5 Å². The third-order valence-electron chi connectivity index (χ3n) is 4.48. The molecule has 4 aromatic rings. The first kappa shape index (κ1) is 21.0. The summed E-state index contributed by atoms with van der Waals surface area (Å²) in [5, 5.41) is 5.56. The molecule has 0 spiro atoms. The van der Waals surface area contributed by atoms with E-state index in [0.29, 0.717) is 27.2 Å². The lowest BCUT2D eigenvalue weighted by Crippen LogP contribution is -2.29. The van der Waals surface area contributed by atoms with Crippen molar-refractivity contribution >= 4 is 38.4 Å². The minimum Gasteiger partial charge on any atom is -0.268 e. The largest absolute Gasteiger partial charge is 0.268 e. The van der Waals surface area contributed by atoms with Gasteiger partial charge in [-0.2, -0.15) is 5.10 Å². The number of nitrogens with one attached hydrogen (secondary N) is 1. The second-order valence-corrected chi connectivity index (χ2v) is 8.98. The van der Waals surface area contributed by atoms with Crippen molar-refractivity contribution in [3.05, 3.63) is 82.9 Å². The van der Waals surface area contributed by atoms with Crippen LogP contribution in [0.5, 0.6) is 0 Å². The number of amides is 1. The molecule has 0 fully saturated rings. The lowest BCUT2D eigenvalue weighted by Gasteiger charge is -2.08. The minimum absolute atomic E-state index is 0.0385. The Bertz CT molecular complexity index is 1430. The highest BCUT2D eigenvalue weighted by molar-refractivity contribution is 7.89. The summed E-state index contributed by atoms with van der Waals surface area (Å²) in [5.74, 6) is -2.14. The highest BCUT2D eigenvalue weighted by Crippen LogP contribution is 2.32. The summed E-state index contributed by atoms with van der Waals surface area (Å²) in [5.41, 5.74) is 1.49. The van der Waals surface area contributed by atoms with E-state index < -0.39 is 27.6 Å². The van der Waals surface area contributed by atoms with E-state index in [4.69, 9.17) is 11.6 Å². The standard InChI is InChI=1S/C21H14ClF2N3O3S/c1-31(29,30)26-21(28)13-4-8-19(17(24)10-13)27-18-9-5-14(22)11-16(18)20(25-27)12-2-6-15(23)7-3-12/h2-11H,1H3,(H,26,28). The number of fused-ring (bicyclic) bond motifs is 1. The van der Waals surface area contributed by atoms with Crippen molar-refractivity contribution in [2.24, 2.45) is 0 Å². The molecule has 0 radical (unpaired) electrons. The third-order valence-corrected chi connectivity index (χ3v) is 5.27. The smallest absolute Gasteiger partial charge is 0.264 e. The van der Waals surface area contributed by atoms with E-state index in [-0.39, 0.29) is 11.3 Å². The fourth-order valence-electron chi connectivity index (χ4n) is 3.14. The molecule has 0 saturated heterocycles. The van der Waals surface area contributed by atoms with Gasteiger partial charge in [-0.1, -0.05) is 11.6 Å².